The Morgan fingerprint density at radius 2 is 1.42 bits per heavy atom. The van der Waals surface area contributed by atoms with Gasteiger partial charge in [-0.2, -0.15) is 0 Å². The fourth-order valence-electron chi connectivity index (χ4n) is 1.98. The second-order valence-corrected chi connectivity index (χ2v) is 3.85. The molecule has 2 saturated heterocycles. The van der Waals surface area contributed by atoms with Crippen molar-refractivity contribution in [1.82, 2.24) is 10.6 Å². The predicted molar refractivity (Wildman–Crippen MR) is 53.2 cm³/mol. The quantitative estimate of drug-likeness (QED) is 0.580. The van der Waals surface area contributed by atoms with Crippen LogP contribution in [0, 0.1) is 0 Å². The van der Waals surface area contributed by atoms with Crippen LogP contribution in [0.2, 0.25) is 0 Å². The van der Waals surface area contributed by atoms with E-state index >= 15 is 0 Å². The summed E-state index contributed by atoms with van der Waals surface area (Å²) in [4.78, 5) is 0. The molecule has 12 heavy (non-hydrogen) atoms. The average molecular weight is 170 g/mol. The Labute approximate surface area is 76.1 Å². The van der Waals surface area contributed by atoms with Crippen LogP contribution in [0.25, 0.3) is 0 Å². The second kappa shape index (κ2) is 4.83. The lowest BCUT2D eigenvalue weighted by Crippen LogP contribution is -2.48. The minimum Gasteiger partial charge on any atom is -0.299 e. The Balaban J connectivity index is 0.000000213. The van der Waals surface area contributed by atoms with E-state index in [0.29, 0.717) is 5.66 Å². The summed E-state index contributed by atoms with van der Waals surface area (Å²) in [5, 5.41) is 7.04. The minimum absolute atomic E-state index is 0.389. The van der Waals surface area contributed by atoms with Gasteiger partial charge in [-0.15, -0.1) is 0 Å². The van der Waals surface area contributed by atoms with Gasteiger partial charge in [0.1, 0.15) is 0 Å². The Bertz CT molecular complexity index is 93.5. The Hall–Kier alpha value is -0.0800. The van der Waals surface area contributed by atoms with Crippen molar-refractivity contribution in [2.45, 2.75) is 51.6 Å². The van der Waals surface area contributed by atoms with Crippen molar-refractivity contribution in [3.05, 3.63) is 0 Å². The van der Waals surface area contributed by atoms with E-state index in [4.69, 9.17) is 0 Å². The molecule has 0 saturated carbocycles. The average Bonchev–Trinajstić information content (AvgIpc) is 2.66. The number of hydrogen-bond acceptors (Lipinski definition) is 2. The fourth-order valence-corrected chi connectivity index (χ4v) is 1.98. The lowest BCUT2D eigenvalue weighted by molar-refractivity contribution is 0.344. The van der Waals surface area contributed by atoms with Crippen LogP contribution >= 0.6 is 0 Å². The van der Waals surface area contributed by atoms with Crippen LogP contribution in [-0.2, 0) is 0 Å². The molecule has 2 heterocycles. The Kier molecular flexibility index (Phi) is 4.02. The molecular formula is C10H22N2. The van der Waals surface area contributed by atoms with Gasteiger partial charge < -0.3 is 0 Å². The van der Waals surface area contributed by atoms with Gasteiger partial charge in [0.15, 0.2) is 0 Å². The monoisotopic (exact) mass is 170 g/mol. The summed E-state index contributed by atoms with van der Waals surface area (Å²) in [6.45, 7) is 6.68. The predicted octanol–water partition coefficient (Wildman–Crippen LogP) is 1.87. The first kappa shape index (κ1) is 10.0. The Morgan fingerprint density at radius 1 is 1.00 bits per heavy atom. The van der Waals surface area contributed by atoms with Gasteiger partial charge in [0.25, 0.3) is 0 Å². The van der Waals surface area contributed by atoms with E-state index in [9.17, 15) is 0 Å². The molecule has 0 amide bonds. The third kappa shape index (κ3) is 2.46. The van der Waals surface area contributed by atoms with Gasteiger partial charge in [0.05, 0.1) is 5.66 Å². The SMILES string of the molecule is C1CNC2(C1)CCCN2.CCC. The van der Waals surface area contributed by atoms with Gasteiger partial charge in [-0.25, -0.2) is 0 Å². The summed E-state index contributed by atoms with van der Waals surface area (Å²) in [7, 11) is 0. The molecule has 2 fully saturated rings. The number of hydrogen-bond donors (Lipinski definition) is 2. The molecule has 2 heteroatoms. The zero-order valence-corrected chi connectivity index (χ0v) is 8.45. The first-order chi connectivity index (χ1) is 5.83. The molecule has 2 rings (SSSR count). The molecule has 2 aliphatic rings. The fraction of sp³-hybridized carbons (Fsp3) is 1.00. The molecule has 0 bridgehead atoms. The highest BCUT2D eigenvalue weighted by atomic mass is 15.2. The number of nitrogens with one attached hydrogen (secondary N) is 2. The van der Waals surface area contributed by atoms with Crippen molar-refractivity contribution in [3.63, 3.8) is 0 Å². The van der Waals surface area contributed by atoms with E-state index in [1.807, 2.05) is 0 Å². The van der Waals surface area contributed by atoms with Crippen LogP contribution in [0.3, 0.4) is 0 Å². The van der Waals surface area contributed by atoms with Gasteiger partial charge in [0.2, 0.25) is 0 Å². The van der Waals surface area contributed by atoms with Crippen molar-refractivity contribution in [1.29, 1.82) is 0 Å². The molecule has 2 nitrogen and oxygen atoms in total. The van der Waals surface area contributed by atoms with E-state index in [-0.39, 0.29) is 0 Å². The summed E-state index contributed by atoms with van der Waals surface area (Å²) in [6, 6.07) is 0. The lowest BCUT2D eigenvalue weighted by atomic mass is 10.1. The molecule has 2 N–H and O–H groups in total. The van der Waals surface area contributed by atoms with Crippen LogP contribution in [0.15, 0.2) is 0 Å². The number of rotatable bonds is 0. The summed E-state index contributed by atoms with van der Waals surface area (Å²) in [6.07, 6.45) is 6.64. The minimum atomic E-state index is 0.389. The maximum Gasteiger partial charge on any atom is 0.0688 e. The highest BCUT2D eigenvalue weighted by molar-refractivity contribution is 4.94. The first-order valence-electron chi connectivity index (χ1n) is 5.33. The van der Waals surface area contributed by atoms with Gasteiger partial charge in [-0.1, -0.05) is 20.3 Å². The van der Waals surface area contributed by atoms with Crippen molar-refractivity contribution in [2.24, 2.45) is 0 Å². The largest absolute Gasteiger partial charge is 0.299 e. The zero-order valence-electron chi connectivity index (χ0n) is 8.45. The first-order valence-corrected chi connectivity index (χ1v) is 5.33. The van der Waals surface area contributed by atoms with Crippen molar-refractivity contribution in [3.8, 4) is 0 Å². The molecule has 0 unspecified atom stereocenters. The van der Waals surface area contributed by atoms with Crippen LogP contribution in [-0.4, -0.2) is 18.8 Å². The standard InChI is InChI=1S/C7H14N2.C3H8/c1-3-7(8-5-1)4-2-6-9-7;1-3-2/h8-9H,1-6H2;3H2,1-2H3. The molecule has 0 atom stereocenters. The summed E-state index contributed by atoms with van der Waals surface area (Å²) in [5.41, 5.74) is 0.389. The Morgan fingerprint density at radius 3 is 1.67 bits per heavy atom. The molecule has 0 aromatic carbocycles. The summed E-state index contributed by atoms with van der Waals surface area (Å²) < 4.78 is 0. The molecule has 0 aliphatic carbocycles. The van der Waals surface area contributed by atoms with E-state index in [1.54, 1.807) is 0 Å². The molecule has 72 valence electrons. The van der Waals surface area contributed by atoms with Crippen LogP contribution in [0.1, 0.15) is 46.0 Å². The van der Waals surface area contributed by atoms with E-state index < -0.39 is 0 Å². The van der Waals surface area contributed by atoms with Crippen LogP contribution in [0.4, 0.5) is 0 Å². The third-order valence-electron chi connectivity index (χ3n) is 2.49. The molecule has 0 aromatic heterocycles. The maximum atomic E-state index is 3.52. The van der Waals surface area contributed by atoms with Gasteiger partial charge in [-0.05, 0) is 38.8 Å². The molecular weight excluding hydrogens is 148 g/mol. The van der Waals surface area contributed by atoms with Crippen molar-refractivity contribution >= 4 is 0 Å². The maximum absolute atomic E-state index is 3.52. The zero-order chi connectivity index (χ0) is 8.86. The van der Waals surface area contributed by atoms with Crippen LogP contribution in [0.5, 0.6) is 0 Å². The summed E-state index contributed by atoms with van der Waals surface area (Å²) in [5.74, 6) is 0. The van der Waals surface area contributed by atoms with Gasteiger partial charge in [-0.3, -0.25) is 10.6 Å². The van der Waals surface area contributed by atoms with Gasteiger partial charge >= 0.3 is 0 Å². The molecule has 1 spiro atoms. The highest BCUT2D eigenvalue weighted by Crippen LogP contribution is 2.25. The van der Waals surface area contributed by atoms with E-state index in [0.717, 1.165) is 0 Å². The summed E-state index contributed by atoms with van der Waals surface area (Å²) >= 11 is 0. The third-order valence-corrected chi connectivity index (χ3v) is 2.49. The van der Waals surface area contributed by atoms with Crippen molar-refractivity contribution in [2.75, 3.05) is 13.1 Å². The van der Waals surface area contributed by atoms with E-state index in [2.05, 4.69) is 24.5 Å². The normalized spacial score (nSPS) is 25.5. The van der Waals surface area contributed by atoms with Crippen LogP contribution < -0.4 is 10.6 Å². The second-order valence-electron chi connectivity index (χ2n) is 3.85. The smallest absolute Gasteiger partial charge is 0.0688 e. The molecule has 0 radical (unpaired) electrons. The van der Waals surface area contributed by atoms with E-state index in [1.165, 1.54) is 45.2 Å². The topological polar surface area (TPSA) is 24.1 Å². The highest BCUT2D eigenvalue weighted by Gasteiger charge is 2.35. The lowest BCUT2D eigenvalue weighted by Gasteiger charge is -2.23. The van der Waals surface area contributed by atoms with Gasteiger partial charge in [0, 0.05) is 0 Å². The molecule has 2 aliphatic heterocycles. The van der Waals surface area contributed by atoms with Crippen molar-refractivity contribution < 1.29 is 0 Å². The molecule has 0 aromatic rings.